The van der Waals surface area contributed by atoms with Gasteiger partial charge in [0.1, 0.15) is 6.29 Å². The zero-order chi connectivity index (χ0) is 8.97. The third-order valence-corrected chi connectivity index (χ3v) is 2.30. The van der Waals surface area contributed by atoms with Crippen molar-refractivity contribution in [1.82, 2.24) is 5.32 Å². The number of amides is 1. The molecule has 0 saturated heterocycles. The van der Waals surface area contributed by atoms with Gasteiger partial charge in [0.25, 0.3) is 0 Å². The molecule has 4 heteroatoms. The minimum absolute atomic E-state index is 0.116. The second-order valence-corrected chi connectivity index (χ2v) is 3.14. The molecule has 1 aliphatic carbocycles. The molecule has 68 valence electrons. The van der Waals surface area contributed by atoms with E-state index in [9.17, 15) is 9.59 Å². The smallest absolute Gasteiger partial charge is 0.404 e. The van der Waals surface area contributed by atoms with E-state index in [-0.39, 0.29) is 12.0 Å². The van der Waals surface area contributed by atoms with E-state index in [4.69, 9.17) is 5.11 Å². The molecular formula is C8H13NO3. The van der Waals surface area contributed by atoms with Crippen LogP contribution in [0.5, 0.6) is 0 Å². The van der Waals surface area contributed by atoms with Crippen molar-refractivity contribution in [2.24, 2.45) is 5.92 Å². The van der Waals surface area contributed by atoms with Gasteiger partial charge < -0.3 is 15.2 Å². The van der Waals surface area contributed by atoms with Crippen LogP contribution in [-0.4, -0.2) is 23.5 Å². The predicted octanol–water partition coefficient (Wildman–Crippen LogP) is 1.01. The van der Waals surface area contributed by atoms with Crippen molar-refractivity contribution in [3.63, 3.8) is 0 Å². The minimum Gasteiger partial charge on any atom is -0.465 e. The molecule has 1 aliphatic rings. The number of carboxylic acid groups (broad SMARTS) is 1. The highest BCUT2D eigenvalue weighted by Crippen LogP contribution is 2.22. The molecule has 0 aliphatic heterocycles. The molecule has 0 spiro atoms. The number of nitrogens with one attached hydrogen (secondary N) is 1. The lowest BCUT2D eigenvalue weighted by atomic mass is 9.86. The fourth-order valence-corrected chi connectivity index (χ4v) is 1.66. The Kier molecular flexibility index (Phi) is 3.08. The van der Waals surface area contributed by atoms with E-state index in [1.807, 2.05) is 0 Å². The second-order valence-electron chi connectivity index (χ2n) is 3.14. The maximum Gasteiger partial charge on any atom is 0.404 e. The van der Waals surface area contributed by atoms with Crippen molar-refractivity contribution in [3.8, 4) is 0 Å². The monoisotopic (exact) mass is 171 g/mol. The highest BCUT2D eigenvalue weighted by atomic mass is 16.4. The van der Waals surface area contributed by atoms with Gasteiger partial charge in [-0.2, -0.15) is 0 Å². The van der Waals surface area contributed by atoms with Crippen LogP contribution in [-0.2, 0) is 4.79 Å². The van der Waals surface area contributed by atoms with Crippen LogP contribution in [0.15, 0.2) is 0 Å². The first kappa shape index (κ1) is 9.03. The molecule has 1 rings (SSSR count). The summed E-state index contributed by atoms with van der Waals surface area (Å²) in [5, 5.41) is 10.8. The van der Waals surface area contributed by atoms with Gasteiger partial charge in [0.2, 0.25) is 0 Å². The van der Waals surface area contributed by atoms with Crippen LogP contribution in [0.25, 0.3) is 0 Å². The summed E-state index contributed by atoms with van der Waals surface area (Å²) in [7, 11) is 0. The Balaban J connectivity index is 2.46. The Hall–Kier alpha value is -1.06. The van der Waals surface area contributed by atoms with E-state index in [0.717, 1.165) is 32.0 Å². The molecule has 0 radical (unpaired) electrons. The van der Waals surface area contributed by atoms with Crippen molar-refractivity contribution in [2.45, 2.75) is 31.7 Å². The van der Waals surface area contributed by atoms with Gasteiger partial charge in [0, 0.05) is 12.0 Å². The molecule has 1 fully saturated rings. The van der Waals surface area contributed by atoms with Gasteiger partial charge >= 0.3 is 6.09 Å². The van der Waals surface area contributed by atoms with Crippen LogP contribution in [0, 0.1) is 5.92 Å². The molecule has 2 unspecified atom stereocenters. The molecule has 1 saturated carbocycles. The van der Waals surface area contributed by atoms with Crippen molar-refractivity contribution >= 4 is 12.4 Å². The van der Waals surface area contributed by atoms with Gasteiger partial charge in [0.05, 0.1) is 0 Å². The molecule has 12 heavy (non-hydrogen) atoms. The van der Waals surface area contributed by atoms with Crippen molar-refractivity contribution < 1.29 is 14.7 Å². The summed E-state index contributed by atoms with van der Waals surface area (Å²) < 4.78 is 0. The van der Waals surface area contributed by atoms with Crippen LogP contribution in [0.4, 0.5) is 4.79 Å². The SMILES string of the molecule is O=CC1CCCCC1NC(=O)O. The molecule has 0 aromatic heterocycles. The molecular weight excluding hydrogens is 158 g/mol. The van der Waals surface area contributed by atoms with E-state index in [2.05, 4.69) is 5.32 Å². The van der Waals surface area contributed by atoms with Crippen molar-refractivity contribution in [1.29, 1.82) is 0 Å². The topological polar surface area (TPSA) is 66.4 Å². The number of hydrogen-bond acceptors (Lipinski definition) is 2. The van der Waals surface area contributed by atoms with E-state index >= 15 is 0 Å². The number of carbonyl (C=O) groups excluding carboxylic acids is 1. The summed E-state index contributed by atoms with van der Waals surface area (Å²) in [6.07, 6.45) is 3.47. The maximum absolute atomic E-state index is 10.5. The van der Waals surface area contributed by atoms with Crippen LogP contribution >= 0.6 is 0 Å². The van der Waals surface area contributed by atoms with E-state index in [1.165, 1.54) is 0 Å². The van der Waals surface area contributed by atoms with Crippen molar-refractivity contribution in [3.05, 3.63) is 0 Å². The highest BCUT2D eigenvalue weighted by Gasteiger charge is 2.25. The first-order chi connectivity index (χ1) is 5.74. The maximum atomic E-state index is 10.5. The molecule has 2 N–H and O–H groups in total. The Morgan fingerprint density at radius 1 is 1.42 bits per heavy atom. The molecule has 0 bridgehead atoms. The van der Waals surface area contributed by atoms with Crippen LogP contribution in [0.1, 0.15) is 25.7 Å². The number of rotatable bonds is 2. The fraction of sp³-hybridized carbons (Fsp3) is 0.750. The fourth-order valence-electron chi connectivity index (χ4n) is 1.66. The van der Waals surface area contributed by atoms with E-state index in [0.29, 0.717) is 0 Å². The Morgan fingerprint density at radius 3 is 2.67 bits per heavy atom. The molecule has 0 heterocycles. The van der Waals surface area contributed by atoms with Crippen LogP contribution in [0.3, 0.4) is 0 Å². The van der Waals surface area contributed by atoms with Crippen LogP contribution in [0.2, 0.25) is 0 Å². The number of carbonyl (C=O) groups is 2. The zero-order valence-corrected chi connectivity index (χ0v) is 6.82. The molecule has 0 aromatic carbocycles. The number of aldehydes is 1. The summed E-state index contributed by atoms with van der Waals surface area (Å²) in [6.45, 7) is 0. The average molecular weight is 171 g/mol. The normalized spacial score (nSPS) is 29.3. The third-order valence-electron chi connectivity index (χ3n) is 2.30. The summed E-state index contributed by atoms with van der Waals surface area (Å²) in [5.74, 6) is -0.116. The number of hydrogen-bond donors (Lipinski definition) is 2. The lowest BCUT2D eigenvalue weighted by Crippen LogP contribution is -2.41. The molecule has 0 aromatic rings. The summed E-state index contributed by atoms with van der Waals surface area (Å²) in [4.78, 5) is 20.8. The quantitative estimate of drug-likeness (QED) is 0.609. The van der Waals surface area contributed by atoms with E-state index in [1.54, 1.807) is 0 Å². The van der Waals surface area contributed by atoms with Gasteiger partial charge in [-0.3, -0.25) is 0 Å². The van der Waals surface area contributed by atoms with Gasteiger partial charge in [-0.15, -0.1) is 0 Å². The van der Waals surface area contributed by atoms with E-state index < -0.39 is 6.09 Å². The Morgan fingerprint density at radius 2 is 2.08 bits per heavy atom. The third kappa shape index (κ3) is 2.22. The van der Waals surface area contributed by atoms with Gasteiger partial charge in [0.15, 0.2) is 0 Å². The van der Waals surface area contributed by atoms with Crippen LogP contribution < -0.4 is 5.32 Å². The lowest BCUT2D eigenvalue weighted by Gasteiger charge is -2.27. The first-order valence-electron chi connectivity index (χ1n) is 4.19. The lowest BCUT2D eigenvalue weighted by molar-refractivity contribution is -0.112. The molecule has 1 amide bonds. The molecule has 2 atom stereocenters. The summed E-state index contributed by atoms with van der Waals surface area (Å²) >= 11 is 0. The second kappa shape index (κ2) is 4.09. The predicted molar refractivity (Wildman–Crippen MR) is 43.0 cm³/mol. The standard InChI is InChI=1S/C8H13NO3/c10-5-6-3-1-2-4-7(6)9-8(11)12/h5-7,9H,1-4H2,(H,11,12). The summed E-state index contributed by atoms with van der Waals surface area (Å²) in [5.41, 5.74) is 0. The van der Waals surface area contributed by atoms with Gasteiger partial charge in [-0.25, -0.2) is 4.79 Å². The zero-order valence-electron chi connectivity index (χ0n) is 6.82. The Labute approximate surface area is 71.0 Å². The molecule has 4 nitrogen and oxygen atoms in total. The highest BCUT2D eigenvalue weighted by molar-refractivity contribution is 5.66. The van der Waals surface area contributed by atoms with Gasteiger partial charge in [-0.1, -0.05) is 12.8 Å². The Bertz CT molecular complexity index is 181. The largest absolute Gasteiger partial charge is 0.465 e. The summed E-state index contributed by atoms with van der Waals surface area (Å²) in [6, 6.07) is -0.159. The van der Waals surface area contributed by atoms with Crippen molar-refractivity contribution in [2.75, 3.05) is 0 Å². The first-order valence-corrected chi connectivity index (χ1v) is 4.19. The van der Waals surface area contributed by atoms with Gasteiger partial charge in [-0.05, 0) is 12.8 Å². The average Bonchev–Trinajstić information content (AvgIpc) is 2.04. The minimum atomic E-state index is -1.03.